The van der Waals surface area contributed by atoms with Crippen LogP contribution in [-0.2, 0) is 6.54 Å². The van der Waals surface area contributed by atoms with E-state index in [2.05, 4.69) is 15.2 Å². The number of rotatable bonds is 7. The number of ether oxygens (including phenoxy) is 1. The molecule has 8 nitrogen and oxygen atoms in total. The Morgan fingerprint density at radius 3 is 2.55 bits per heavy atom. The van der Waals surface area contributed by atoms with E-state index >= 15 is 0 Å². The largest absolute Gasteiger partial charge is 0.433 e. The molecule has 0 bridgehead atoms. The molecule has 0 radical (unpaired) electrons. The zero-order chi connectivity index (χ0) is 21.0. The molecule has 0 unspecified atom stereocenters. The number of nitrogens with one attached hydrogen (secondary N) is 1. The highest BCUT2D eigenvalue weighted by molar-refractivity contribution is 6.32. The van der Waals surface area contributed by atoms with E-state index < -0.39 is 23.3 Å². The number of alkyl halides is 2. The predicted octanol–water partition coefficient (Wildman–Crippen LogP) is 4.35. The number of amides is 1. The molecular weight excluding hydrogens is 410 g/mol. The van der Waals surface area contributed by atoms with Crippen molar-refractivity contribution in [1.82, 2.24) is 9.78 Å². The second-order valence-electron chi connectivity index (χ2n) is 5.78. The Kier molecular flexibility index (Phi) is 6.03. The van der Waals surface area contributed by atoms with E-state index in [1.54, 1.807) is 18.2 Å². The summed E-state index contributed by atoms with van der Waals surface area (Å²) in [5.74, 6) is -1.10. The molecule has 11 heteroatoms. The molecule has 0 atom stereocenters. The van der Waals surface area contributed by atoms with Crippen LogP contribution in [0.1, 0.15) is 15.9 Å². The molecule has 0 saturated heterocycles. The Labute approximate surface area is 167 Å². The van der Waals surface area contributed by atoms with Crippen LogP contribution in [0.2, 0.25) is 5.02 Å². The number of para-hydroxylation sites is 2. The lowest BCUT2D eigenvalue weighted by atomic mass is 10.1. The summed E-state index contributed by atoms with van der Waals surface area (Å²) < 4.78 is 30.6. The van der Waals surface area contributed by atoms with Crippen LogP contribution in [0.3, 0.4) is 0 Å². The first-order chi connectivity index (χ1) is 13.8. The zero-order valence-corrected chi connectivity index (χ0v) is 15.3. The fraction of sp³-hybridized carbons (Fsp3) is 0.111. The molecular formula is C18H13ClF2N4O4. The summed E-state index contributed by atoms with van der Waals surface area (Å²) in [6.07, 6.45) is 1.33. The maximum absolute atomic E-state index is 12.5. The topological polar surface area (TPSA) is 99.3 Å². The Morgan fingerprint density at radius 2 is 1.93 bits per heavy atom. The normalized spacial score (nSPS) is 10.8. The molecule has 0 saturated carbocycles. The SMILES string of the molecule is O=C(Nc1ccccc1OC(F)F)c1ccc(Cn2cc(Cl)c([N+](=O)[O-])n2)cc1. The third kappa shape index (κ3) is 5.05. The summed E-state index contributed by atoms with van der Waals surface area (Å²) in [6.45, 7) is -2.81. The van der Waals surface area contributed by atoms with E-state index in [1.165, 1.54) is 41.2 Å². The van der Waals surface area contributed by atoms with Gasteiger partial charge in [0, 0.05) is 5.56 Å². The molecule has 3 aromatic rings. The number of anilines is 1. The number of nitro groups is 1. The van der Waals surface area contributed by atoms with Gasteiger partial charge in [-0.3, -0.25) is 4.79 Å². The Morgan fingerprint density at radius 1 is 1.24 bits per heavy atom. The van der Waals surface area contributed by atoms with Gasteiger partial charge in [0.25, 0.3) is 5.91 Å². The van der Waals surface area contributed by atoms with Gasteiger partial charge in [0.05, 0.1) is 23.5 Å². The molecule has 1 amide bonds. The highest BCUT2D eigenvalue weighted by Crippen LogP contribution is 2.26. The Hall–Kier alpha value is -3.53. The van der Waals surface area contributed by atoms with Gasteiger partial charge in [0.1, 0.15) is 5.75 Å². The van der Waals surface area contributed by atoms with Gasteiger partial charge in [-0.15, -0.1) is 0 Å². The predicted molar refractivity (Wildman–Crippen MR) is 100 cm³/mol. The van der Waals surface area contributed by atoms with Gasteiger partial charge in [-0.1, -0.05) is 35.9 Å². The average Bonchev–Trinajstić information content (AvgIpc) is 3.04. The van der Waals surface area contributed by atoms with E-state index in [9.17, 15) is 23.7 Å². The smallest absolute Gasteiger partial charge is 0.408 e. The lowest BCUT2D eigenvalue weighted by Crippen LogP contribution is -2.14. The highest BCUT2D eigenvalue weighted by atomic mass is 35.5. The summed E-state index contributed by atoms with van der Waals surface area (Å²) in [7, 11) is 0. The number of carbonyl (C=O) groups excluding carboxylic acids is 1. The first-order valence-electron chi connectivity index (χ1n) is 8.15. The summed E-state index contributed by atoms with van der Waals surface area (Å²) in [5.41, 5.74) is 1.11. The van der Waals surface area contributed by atoms with Crippen molar-refractivity contribution in [3.05, 3.63) is 81.0 Å². The van der Waals surface area contributed by atoms with Gasteiger partial charge in [0.15, 0.2) is 5.02 Å². The average molecular weight is 423 g/mol. The van der Waals surface area contributed by atoms with E-state index in [4.69, 9.17) is 11.6 Å². The summed E-state index contributed by atoms with van der Waals surface area (Å²) in [4.78, 5) is 22.5. The van der Waals surface area contributed by atoms with Crippen LogP contribution in [-0.4, -0.2) is 27.2 Å². The van der Waals surface area contributed by atoms with E-state index in [-0.39, 0.29) is 28.6 Å². The van der Waals surface area contributed by atoms with Crippen molar-refractivity contribution in [2.45, 2.75) is 13.2 Å². The quantitative estimate of drug-likeness (QED) is 0.451. The number of hydrogen-bond donors (Lipinski definition) is 1. The van der Waals surface area contributed by atoms with Crippen molar-refractivity contribution < 1.29 is 23.2 Å². The van der Waals surface area contributed by atoms with Crippen molar-refractivity contribution >= 4 is 29.0 Å². The lowest BCUT2D eigenvalue weighted by molar-refractivity contribution is -0.389. The van der Waals surface area contributed by atoms with Gasteiger partial charge in [0.2, 0.25) is 0 Å². The Bertz CT molecular complexity index is 1040. The second kappa shape index (κ2) is 8.65. The molecule has 29 heavy (non-hydrogen) atoms. The van der Waals surface area contributed by atoms with E-state index in [0.29, 0.717) is 0 Å². The minimum absolute atomic E-state index is 0.0734. The molecule has 1 heterocycles. The van der Waals surface area contributed by atoms with Gasteiger partial charge in [-0.2, -0.15) is 13.5 Å². The third-order valence-electron chi connectivity index (χ3n) is 3.78. The number of nitrogens with zero attached hydrogens (tertiary/aromatic N) is 3. The molecule has 0 aliphatic rings. The second-order valence-corrected chi connectivity index (χ2v) is 6.19. The molecule has 0 aliphatic carbocycles. The van der Waals surface area contributed by atoms with Crippen molar-refractivity contribution in [1.29, 1.82) is 0 Å². The maximum atomic E-state index is 12.5. The molecule has 1 aromatic heterocycles. The summed E-state index contributed by atoms with van der Waals surface area (Å²) >= 11 is 5.76. The molecule has 1 N–H and O–H groups in total. The van der Waals surface area contributed by atoms with E-state index in [1.807, 2.05) is 0 Å². The number of aromatic nitrogens is 2. The minimum atomic E-state index is -3.01. The minimum Gasteiger partial charge on any atom is -0.433 e. The van der Waals surface area contributed by atoms with Gasteiger partial charge < -0.3 is 20.2 Å². The van der Waals surface area contributed by atoms with Crippen molar-refractivity contribution in [2.24, 2.45) is 0 Å². The number of hydrogen-bond acceptors (Lipinski definition) is 5. The van der Waals surface area contributed by atoms with Gasteiger partial charge in [-0.25, -0.2) is 0 Å². The van der Waals surface area contributed by atoms with Crippen LogP contribution in [0.15, 0.2) is 54.7 Å². The molecule has 0 fully saturated rings. The Balaban J connectivity index is 1.69. The lowest BCUT2D eigenvalue weighted by Gasteiger charge is -2.11. The molecule has 150 valence electrons. The first-order valence-corrected chi connectivity index (χ1v) is 8.53. The molecule has 0 aliphatic heterocycles. The van der Waals surface area contributed by atoms with Crippen LogP contribution in [0.4, 0.5) is 20.3 Å². The number of halogens is 3. The molecule has 3 rings (SSSR count). The van der Waals surface area contributed by atoms with Crippen molar-refractivity contribution in [2.75, 3.05) is 5.32 Å². The van der Waals surface area contributed by atoms with E-state index in [0.717, 1.165) is 5.56 Å². The van der Waals surface area contributed by atoms with Crippen molar-refractivity contribution in [3.8, 4) is 5.75 Å². The van der Waals surface area contributed by atoms with Gasteiger partial charge >= 0.3 is 12.4 Å². The zero-order valence-electron chi connectivity index (χ0n) is 14.6. The molecule has 0 spiro atoms. The van der Waals surface area contributed by atoms with Crippen LogP contribution in [0, 0.1) is 10.1 Å². The third-order valence-corrected chi connectivity index (χ3v) is 4.05. The van der Waals surface area contributed by atoms with Crippen LogP contribution >= 0.6 is 11.6 Å². The highest BCUT2D eigenvalue weighted by Gasteiger charge is 2.19. The summed E-state index contributed by atoms with van der Waals surface area (Å²) in [6, 6.07) is 12.2. The monoisotopic (exact) mass is 422 g/mol. The van der Waals surface area contributed by atoms with Crippen LogP contribution in [0.25, 0.3) is 0 Å². The first kappa shape index (κ1) is 20.2. The van der Waals surface area contributed by atoms with Crippen LogP contribution < -0.4 is 10.1 Å². The standard InChI is InChI=1S/C18H13ClF2N4O4/c19-13-10-24(23-16(13)25(27)28)9-11-5-7-12(8-6-11)17(26)22-14-3-1-2-4-15(14)29-18(20)21/h1-8,10,18H,9H2,(H,22,26). The molecule has 2 aromatic carbocycles. The maximum Gasteiger partial charge on any atom is 0.408 e. The summed E-state index contributed by atoms with van der Waals surface area (Å²) in [5, 5.41) is 17.0. The fourth-order valence-corrected chi connectivity index (χ4v) is 2.72. The van der Waals surface area contributed by atoms with Crippen LogP contribution in [0.5, 0.6) is 5.75 Å². The fourth-order valence-electron chi connectivity index (χ4n) is 2.50. The number of carbonyl (C=O) groups is 1. The number of benzene rings is 2. The van der Waals surface area contributed by atoms with Gasteiger partial charge in [-0.05, 0) is 34.8 Å². The van der Waals surface area contributed by atoms with Crippen molar-refractivity contribution in [3.63, 3.8) is 0 Å².